The van der Waals surface area contributed by atoms with Crippen molar-refractivity contribution in [1.82, 2.24) is 5.32 Å². The van der Waals surface area contributed by atoms with Gasteiger partial charge >= 0.3 is 0 Å². The Morgan fingerprint density at radius 2 is 2.13 bits per heavy atom. The molecule has 2 nitrogen and oxygen atoms in total. The zero-order valence-corrected chi connectivity index (χ0v) is 10.5. The molecule has 0 aliphatic heterocycles. The maximum absolute atomic E-state index is 11.7. The van der Waals surface area contributed by atoms with Gasteiger partial charge in [0.2, 0.25) is 0 Å². The molecule has 0 aromatic heterocycles. The zero-order chi connectivity index (χ0) is 11.4. The lowest BCUT2D eigenvalue weighted by Gasteiger charge is -2.06. The summed E-state index contributed by atoms with van der Waals surface area (Å²) in [4.78, 5) is 11.7. The van der Waals surface area contributed by atoms with E-state index >= 15 is 0 Å². The van der Waals surface area contributed by atoms with Crippen molar-refractivity contribution >= 4 is 21.8 Å². The third-order valence-corrected chi connectivity index (χ3v) is 2.31. The summed E-state index contributed by atoms with van der Waals surface area (Å²) in [5, 5.41) is 2.79. The van der Waals surface area contributed by atoms with Crippen molar-refractivity contribution in [1.29, 1.82) is 0 Å². The molecule has 1 aromatic carbocycles. The molecule has 0 heterocycles. The Kier molecular flexibility index (Phi) is 4.09. The van der Waals surface area contributed by atoms with E-state index in [1.54, 1.807) is 6.07 Å². The highest BCUT2D eigenvalue weighted by Gasteiger charge is 2.05. The van der Waals surface area contributed by atoms with Crippen LogP contribution in [-0.4, -0.2) is 12.5 Å². The molecule has 1 N–H and O–H groups in total. The number of hydrogen-bond acceptors (Lipinski definition) is 1. The van der Waals surface area contributed by atoms with Gasteiger partial charge in [0.15, 0.2) is 0 Å². The first kappa shape index (κ1) is 12.0. The molecule has 15 heavy (non-hydrogen) atoms. The second kappa shape index (κ2) is 5.12. The van der Waals surface area contributed by atoms with Crippen LogP contribution in [0.1, 0.15) is 22.8 Å². The number of benzene rings is 1. The molecule has 80 valence electrons. The Morgan fingerprint density at radius 1 is 1.47 bits per heavy atom. The molecular weight excluding hydrogens is 254 g/mol. The smallest absolute Gasteiger partial charge is 0.251 e. The maximum Gasteiger partial charge on any atom is 0.251 e. The second-order valence-electron chi connectivity index (χ2n) is 3.66. The topological polar surface area (TPSA) is 29.1 Å². The van der Waals surface area contributed by atoms with Crippen LogP contribution in [0.5, 0.6) is 0 Å². The predicted octanol–water partition coefficient (Wildman–Crippen LogP) is 3.06. The average molecular weight is 268 g/mol. The van der Waals surface area contributed by atoms with E-state index in [-0.39, 0.29) is 5.91 Å². The number of amides is 1. The van der Waals surface area contributed by atoms with E-state index in [0.717, 1.165) is 15.6 Å². The number of carbonyl (C=O) groups excluding carboxylic acids is 1. The summed E-state index contributed by atoms with van der Waals surface area (Å²) in [7, 11) is 0. The van der Waals surface area contributed by atoms with Crippen LogP contribution in [0.25, 0.3) is 0 Å². The monoisotopic (exact) mass is 267 g/mol. The van der Waals surface area contributed by atoms with Crippen LogP contribution in [0.2, 0.25) is 0 Å². The van der Waals surface area contributed by atoms with Crippen LogP contribution in [0.4, 0.5) is 0 Å². The molecule has 0 atom stereocenters. The van der Waals surface area contributed by atoms with Gasteiger partial charge in [0.05, 0.1) is 0 Å². The van der Waals surface area contributed by atoms with Crippen molar-refractivity contribution in [2.24, 2.45) is 0 Å². The molecule has 0 radical (unpaired) electrons. The van der Waals surface area contributed by atoms with E-state index in [1.807, 2.05) is 26.0 Å². The quantitative estimate of drug-likeness (QED) is 0.839. The van der Waals surface area contributed by atoms with Crippen LogP contribution in [0.3, 0.4) is 0 Å². The van der Waals surface area contributed by atoms with Crippen molar-refractivity contribution in [2.75, 3.05) is 6.54 Å². The summed E-state index contributed by atoms with van der Waals surface area (Å²) >= 11 is 3.36. The molecule has 0 spiro atoms. The van der Waals surface area contributed by atoms with Crippen molar-refractivity contribution in [3.05, 3.63) is 46.0 Å². The van der Waals surface area contributed by atoms with Gasteiger partial charge in [0, 0.05) is 16.6 Å². The Labute approximate surface area is 98.5 Å². The molecule has 0 saturated carbocycles. The number of carbonyl (C=O) groups is 1. The summed E-state index contributed by atoms with van der Waals surface area (Å²) < 4.78 is 0.919. The molecule has 0 bridgehead atoms. The van der Waals surface area contributed by atoms with Gasteiger partial charge in [-0.1, -0.05) is 28.1 Å². The van der Waals surface area contributed by atoms with Gasteiger partial charge < -0.3 is 5.32 Å². The first-order valence-corrected chi connectivity index (χ1v) is 5.48. The fraction of sp³-hybridized carbons (Fsp3) is 0.250. The lowest BCUT2D eigenvalue weighted by atomic mass is 10.1. The van der Waals surface area contributed by atoms with Crippen molar-refractivity contribution in [3.63, 3.8) is 0 Å². The van der Waals surface area contributed by atoms with E-state index in [9.17, 15) is 4.79 Å². The number of nitrogens with one attached hydrogen (secondary N) is 1. The van der Waals surface area contributed by atoms with Gasteiger partial charge in [0.1, 0.15) is 0 Å². The third-order valence-electron chi connectivity index (χ3n) is 1.86. The number of hydrogen-bond donors (Lipinski definition) is 1. The summed E-state index contributed by atoms with van der Waals surface area (Å²) in [6.07, 6.45) is 0. The minimum absolute atomic E-state index is 0.0672. The molecule has 0 saturated heterocycles. The summed E-state index contributed by atoms with van der Waals surface area (Å²) in [6, 6.07) is 5.63. The van der Waals surface area contributed by atoms with Gasteiger partial charge in [-0.05, 0) is 37.6 Å². The van der Waals surface area contributed by atoms with Crippen LogP contribution in [0.15, 0.2) is 34.8 Å². The SMILES string of the molecule is C=C(C)CNC(=O)c1cc(C)cc(Br)c1. The minimum atomic E-state index is -0.0672. The van der Waals surface area contributed by atoms with E-state index in [1.165, 1.54) is 0 Å². The highest BCUT2D eigenvalue weighted by atomic mass is 79.9. The standard InChI is InChI=1S/C12H14BrNO/c1-8(2)7-14-12(15)10-4-9(3)5-11(13)6-10/h4-6H,1,7H2,2-3H3,(H,14,15). The highest BCUT2D eigenvalue weighted by Crippen LogP contribution is 2.15. The van der Waals surface area contributed by atoms with E-state index in [0.29, 0.717) is 12.1 Å². The molecule has 1 amide bonds. The van der Waals surface area contributed by atoms with Gasteiger partial charge in [-0.3, -0.25) is 4.79 Å². The Hall–Kier alpha value is -1.09. The second-order valence-corrected chi connectivity index (χ2v) is 4.57. The fourth-order valence-electron chi connectivity index (χ4n) is 1.20. The van der Waals surface area contributed by atoms with Gasteiger partial charge in [-0.2, -0.15) is 0 Å². The first-order valence-electron chi connectivity index (χ1n) is 4.69. The third kappa shape index (κ3) is 3.88. The Balaban J connectivity index is 2.77. The number of aryl methyl sites for hydroxylation is 1. The van der Waals surface area contributed by atoms with Crippen LogP contribution in [0, 0.1) is 6.92 Å². The lowest BCUT2D eigenvalue weighted by Crippen LogP contribution is -2.24. The molecule has 1 rings (SSSR count). The summed E-state index contributed by atoms with van der Waals surface area (Å²) in [6.45, 7) is 8.09. The summed E-state index contributed by atoms with van der Waals surface area (Å²) in [5.74, 6) is -0.0672. The number of rotatable bonds is 3. The zero-order valence-electron chi connectivity index (χ0n) is 8.93. The fourth-order valence-corrected chi connectivity index (χ4v) is 1.81. The molecule has 0 unspecified atom stereocenters. The molecule has 0 aliphatic carbocycles. The lowest BCUT2D eigenvalue weighted by molar-refractivity contribution is 0.0957. The predicted molar refractivity (Wildman–Crippen MR) is 66.0 cm³/mol. The van der Waals surface area contributed by atoms with E-state index in [4.69, 9.17) is 0 Å². The normalized spacial score (nSPS) is 9.80. The summed E-state index contributed by atoms with van der Waals surface area (Å²) in [5.41, 5.74) is 2.67. The van der Waals surface area contributed by atoms with Crippen molar-refractivity contribution in [2.45, 2.75) is 13.8 Å². The van der Waals surface area contributed by atoms with Crippen LogP contribution >= 0.6 is 15.9 Å². The molecule has 3 heteroatoms. The van der Waals surface area contributed by atoms with Gasteiger partial charge in [0.25, 0.3) is 5.91 Å². The van der Waals surface area contributed by atoms with E-state index < -0.39 is 0 Å². The van der Waals surface area contributed by atoms with Gasteiger partial charge in [-0.15, -0.1) is 0 Å². The van der Waals surface area contributed by atoms with Crippen LogP contribution in [-0.2, 0) is 0 Å². The minimum Gasteiger partial charge on any atom is -0.348 e. The highest BCUT2D eigenvalue weighted by molar-refractivity contribution is 9.10. The maximum atomic E-state index is 11.7. The van der Waals surface area contributed by atoms with Gasteiger partial charge in [-0.25, -0.2) is 0 Å². The van der Waals surface area contributed by atoms with Crippen molar-refractivity contribution in [3.8, 4) is 0 Å². The first-order chi connectivity index (χ1) is 6.99. The number of halogens is 1. The van der Waals surface area contributed by atoms with Crippen molar-refractivity contribution < 1.29 is 4.79 Å². The Morgan fingerprint density at radius 3 is 2.67 bits per heavy atom. The Bertz CT molecular complexity index is 378. The molecule has 1 aromatic rings. The van der Waals surface area contributed by atoms with Crippen LogP contribution < -0.4 is 5.32 Å². The molecule has 0 aliphatic rings. The largest absolute Gasteiger partial charge is 0.348 e. The molecular formula is C12H14BrNO. The molecule has 0 fully saturated rings. The average Bonchev–Trinajstić information content (AvgIpc) is 2.12. The van der Waals surface area contributed by atoms with E-state index in [2.05, 4.69) is 27.8 Å².